The van der Waals surface area contributed by atoms with Crippen LogP contribution in [0.1, 0.15) is 17.6 Å². The molecule has 0 amide bonds. The van der Waals surface area contributed by atoms with Gasteiger partial charge in [0.15, 0.2) is 0 Å². The van der Waals surface area contributed by atoms with Crippen LogP contribution in [-0.4, -0.2) is 14.6 Å². The summed E-state index contributed by atoms with van der Waals surface area (Å²) in [5, 5.41) is 5.58. The molecule has 0 aliphatic rings. The normalized spacial score (nSPS) is 11.2. The van der Waals surface area contributed by atoms with Gasteiger partial charge in [-0.05, 0) is 13.3 Å². The molecule has 0 unspecified atom stereocenters. The van der Waals surface area contributed by atoms with Crippen molar-refractivity contribution in [1.29, 1.82) is 0 Å². The molecule has 0 saturated heterocycles. The Bertz CT molecular complexity index is 652. The van der Waals surface area contributed by atoms with Crippen molar-refractivity contribution in [1.82, 2.24) is 14.6 Å². The Hall–Kier alpha value is -1.68. The summed E-state index contributed by atoms with van der Waals surface area (Å²) < 4.78 is 1.97. The Morgan fingerprint density at radius 3 is 2.71 bits per heavy atom. The van der Waals surface area contributed by atoms with Gasteiger partial charge in [-0.2, -0.15) is 5.10 Å². The molecule has 3 rings (SSSR count). The topological polar surface area (TPSA) is 30.2 Å². The fraction of sp³-hybridized carbons (Fsp3) is 0.231. The average molecular weight is 243 g/mol. The monoisotopic (exact) mass is 243 g/mol. The van der Waals surface area contributed by atoms with Gasteiger partial charge in [0.05, 0.1) is 11.4 Å². The van der Waals surface area contributed by atoms with Crippen LogP contribution >= 0.6 is 11.3 Å². The molecule has 17 heavy (non-hydrogen) atoms. The number of aryl methyl sites for hydroxylation is 2. The summed E-state index contributed by atoms with van der Waals surface area (Å²) in [7, 11) is 0. The van der Waals surface area contributed by atoms with Crippen LogP contribution < -0.4 is 0 Å². The second-order valence-corrected chi connectivity index (χ2v) is 5.10. The van der Waals surface area contributed by atoms with Crippen molar-refractivity contribution < 1.29 is 0 Å². The van der Waals surface area contributed by atoms with E-state index in [2.05, 4.69) is 29.1 Å². The molecule has 0 fully saturated rings. The zero-order valence-electron chi connectivity index (χ0n) is 9.84. The minimum Gasteiger partial charge on any atom is -0.222 e. The quantitative estimate of drug-likeness (QED) is 0.691. The zero-order valence-corrected chi connectivity index (χ0v) is 10.7. The third-order valence-electron chi connectivity index (χ3n) is 2.76. The molecule has 3 aromatic rings. The van der Waals surface area contributed by atoms with Gasteiger partial charge in [-0.15, -0.1) is 0 Å². The van der Waals surface area contributed by atoms with Crippen LogP contribution in [0.25, 0.3) is 16.2 Å². The first kappa shape index (κ1) is 10.5. The minimum absolute atomic E-state index is 0.930. The van der Waals surface area contributed by atoms with Crippen LogP contribution in [0.4, 0.5) is 0 Å². The highest BCUT2D eigenvalue weighted by molar-refractivity contribution is 7.16. The van der Waals surface area contributed by atoms with Crippen LogP contribution in [0.15, 0.2) is 30.3 Å². The number of rotatable bonds is 2. The summed E-state index contributed by atoms with van der Waals surface area (Å²) >= 11 is 1.64. The molecule has 0 aliphatic carbocycles. The molecule has 0 spiro atoms. The fourth-order valence-corrected chi connectivity index (χ4v) is 2.78. The Kier molecular flexibility index (Phi) is 2.44. The number of hydrogen-bond acceptors (Lipinski definition) is 3. The molecule has 2 heterocycles. The van der Waals surface area contributed by atoms with E-state index in [-0.39, 0.29) is 0 Å². The Morgan fingerprint density at radius 2 is 2.00 bits per heavy atom. The zero-order chi connectivity index (χ0) is 11.8. The molecule has 0 N–H and O–H groups in total. The van der Waals surface area contributed by atoms with E-state index in [9.17, 15) is 0 Å². The summed E-state index contributed by atoms with van der Waals surface area (Å²) in [6.45, 7) is 4.14. The Labute approximate surface area is 104 Å². The lowest BCUT2D eigenvalue weighted by Gasteiger charge is -2.01. The molecule has 3 nitrogen and oxygen atoms in total. The predicted octanol–water partition coefficient (Wildman–Crippen LogP) is 3.33. The van der Waals surface area contributed by atoms with Crippen molar-refractivity contribution in [3.05, 3.63) is 41.0 Å². The standard InChI is InChI=1S/C13H13N3S/c1-3-11-12(10-7-5-4-6-8-10)16-13(14-11)17-9(2)15-16/h4-8H,3H2,1-2H3. The Balaban J connectivity index is 2.32. The van der Waals surface area contributed by atoms with E-state index < -0.39 is 0 Å². The molecule has 86 valence electrons. The average Bonchev–Trinajstić information content (AvgIpc) is 2.85. The third-order valence-corrected chi connectivity index (χ3v) is 3.58. The second kappa shape index (κ2) is 3.96. The van der Waals surface area contributed by atoms with Crippen LogP contribution in [0.2, 0.25) is 0 Å². The maximum atomic E-state index is 4.65. The maximum absolute atomic E-state index is 4.65. The van der Waals surface area contributed by atoms with Gasteiger partial charge in [0.1, 0.15) is 5.01 Å². The maximum Gasteiger partial charge on any atom is 0.212 e. The number of nitrogens with zero attached hydrogens (tertiary/aromatic N) is 3. The highest BCUT2D eigenvalue weighted by Gasteiger charge is 2.15. The van der Waals surface area contributed by atoms with Gasteiger partial charge in [0.25, 0.3) is 0 Å². The molecule has 0 bridgehead atoms. The smallest absolute Gasteiger partial charge is 0.212 e. The SMILES string of the molecule is CCc1nc2sc(C)nn2c1-c1ccccc1. The highest BCUT2D eigenvalue weighted by atomic mass is 32.1. The van der Waals surface area contributed by atoms with E-state index in [1.54, 1.807) is 11.3 Å². The summed E-state index contributed by atoms with van der Waals surface area (Å²) in [6, 6.07) is 10.3. The minimum atomic E-state index is 0.930. The van der Waals surface area contributed by atoms with Crippen LogP contribution in [0.5, 0.6) is 0 Å². The van der Waals surface area contributed by atoms with Gasteiger partial charge >= 0.3 is 0 Å². The lowest BCUT2D eigenvalue weighted by molar-refractivity contribution is 0.946. The van der Waals surface area contributed by atoms with Gasteiger partial charge in [-0.25, -0.2) is 9.50 Å². The summed E-state index contributed by atoms with van der Waals surface area (Å²) in [5.74, 6) is 0. The number of fused-ring (bicyclic) bond motifs is 1. The number of aromatic nitrogens is 3. The molecule has 0 saturated carbocycles. The molecule has 4 heteroatoms. The van der Waals surface area contributed by atoms with Crippen molar-refractivity contribution in [2.75, 3.05) is 0 Å². The van der Waals surface area contributed by atoms with Gasteiger partial charge in [-0.1, -0.05) is 48.6 Å². The Morgan fingerprint density at radius 1 is 1.24 bits per heavy atom. The van der Waals surface area contributed by atoms with Crippen molar-refractivity contribution in [3.63, 3.8) is 0 Å². The first-order chi connectivity index (χ1) is 8.29. The van der Waals surface area contributed by atoms with Crippen molar-refractivity contribution >= 4 is 16.3 Å². The van der Waals surface area contributed by atoms with Crippen molar-refractivity contribution in [3.8, 4) is 11.3 Å². The van der Waals surface area contributed by atoms with Crippen LogP contribution in [0.3, 0.4) is 0 Å². The van der Waals surface area contributed by atoms with E-state index in [4.69, 9.17) is 0 Å². The number of hydrogen-bond donors (Lipinski definition) is 0. The predicted molar refractivity (Wildman–Crippen MR) is 70.4 cm³/mol. The second-order valence-electron chi connectivity index (χ2n) is 3.94. The van der Waals surface area contributed by atoms with Gasteiger partial charge in [0.2, 0.25) is 4.96 Å². The van der Waals surface area contributed by atoms with E-state index in [1.165, 1.54) is 5.56 Å². The first-order valence-corrected chi connectivity index (χ1v) is 6.51. The molecular formula is C13H13N3S. The number of benzene rings is 1. The van der Waals surface area contributed by atoms with E-state index in [0.717, 1.165) is 27.8 Å². The molecule has 1 aromatic carbocycles. The molecule has 0 atom stereocenters. The third kappa shape index (κ3) is 1.65. The number of imidazole rings is 1. The van der Waals surface area contributed by atoms with Crippen LogP contribution in [-0.2, 0) is 6.42 Å². The molecular weight excluding hydrogens is 230 g/mol. The lowest BCUT2D eigenvalue weighted by Crippen LogP contribution is -1.92. The molecule has 2 aromatic heterocycles. The van der Waals surface area contributed by atoms with E-state index >= 15 is 0 Å². The first-order valence-electron chi connectivity index (χ1n) is 5.70. The molecule has 0 radical (unpaired) electrons. The van der Waals surface area contributed by atoms with E-state index in [0.29, 0.717) is 0 Å². The van der Waals surface area contributed by atoms with Gasteiger partial charge < -0.3 is 0 Å². The van der Waals surface area contributed by atoms with Gasteiger partial charge in [-0.3, -0.25) is 0 Å². The van der Waals surface area contributed by atoms with Gasteiger partial charge in [0, 0.05) is 5.56 Å². The van der Waals surface area contributed by atoms with Crippen LogP contribution in [0, 0.1) is 6.92 Å². The summed E-state index contributed by atoms with van der Waals surface area (Å²) in [6.07, 6.45) is 0.930. The fourth-order valence-electron chi connectivity index (χ4n) is 2.02. The highest BCUT2D eigenvalue weighted by Crippen LogP contribution is 2.27. The lowest BCUT2D eigenvalue weighted by atomic mass is 10.1. The van der Waals surface area contributed by atoms with E-state index in [1.807, 2.05) is 29.6 Å². The summed E-state index contributed by atoms with van der Waals surface area (Å²) in [5.41, 5.74) is 3.43. The summed E-state index contributed by atoms with van der Waals surface area (Å²) in [4.78, 5) is 5.63. The van der Waals surface area contributed by atoms with Crippen molar-refractivity contribution in [2.45, 2.75) is 20.3 Å². The van der Waals surface area contributed by atoms with Crippen molar-refractivity contribution in [2.24, 2.45) is 0 Å². The largest absolute Gasteiger partial charge is 0.222 e. The molecule has 0 aliphatic heterocycles.